The van der Waals surface area contributed by atoms with Crippen molar-refractivity contribution in [1.82, 2.24) is 16.0 Å². The van der Waals surface area contributed by atoms with E-state index in [-0.39, 0.29) is 5.91 Å². The molecular formula is C14H19BrN4O. The molecule has 1 aromatic carbocycles. The molecule has 0 aliphatic heterocycles. The van der Waals surface area contributed by atoms with Crippen molar-refractivity contribution in [1.29, 1.82) is 0 Å². The number of guanidine groups is 1. The Balaban J connectivity index is 2.30. The number of hydrogen-bond donors (Lipinski definition) is 3. The molecule has 1 rings (SSSR count). The van der Waals surface area contributed by atoms with E-state index in [2.05, 4.69) is 43.5 Å². The number of carbonyl (C=O) groups excluding carboxylic acids is 1. The van der Waals surface area contributed by atoms with Crippen LogP contribution in [0.3, 0.4) is 0 Å². The number of nitrogens with one attached hydrogen (secondary N) is 3. The molecule has 0 aromatic heterocycles. The number of amides is 1. The average molecular weight is 339 g/mol. The van der Waals surface area contributed by atoms with Crippen molar-refractivity contribution in [2.75, 3.05) is 26.7 Å². The van der Waals surface area contributed by atoms with Gasteiger partial charge in [-0.25, -0.2) is 0 Å². The molecule has 0 unspecified atom stereocenters. The number of rotatable bonds is 6. The Kier molecular flexibility index (Phi) is 7.42. The first-order chi connectivity index (χ1) is 9.67. The number of aliphatic imine (C=N–C) groups is 1. The molecule has 5 nitrogen and oxygen atoms in total. The molecule has 1 aromatic rings. The van der Waals surface area contributed by atoms with E-state index >= 15 is 0 Å². The molecule has 3 N–H and O–H groups in total. The van der Waals surface area contributed by atoms with Gasteiger partial charge in [-0.3, -0.25) is 9.79 Å². The van der Waals surface area contributed by atoms with Crippen LogP contribution in [-0.2, 0) is 0 Å². The Morgan fingerprint density at radius 1 is 1.35 bits per heavy atom. The van der Waals surface area contributed by atoms with Gasteiger partial charge in [0.2, 0.25) is 0 Å². The minimum atomic E-state index is -0.0952. The van der Waals surface area contributed by atoms with E-state index in [0.29, 0.717) is 31.2 Å². The predicted octanol–water partition coefficient (Wildman–Crippen LogP) is 1.53. The Morgan fingerprint density at radius 2 is 2.10 bits per heavy atom. The van der Waals surface area contributed by atoms with Crippen LogP contribution >= 0.6 is 15.9 Å². The highest BCUT2D eigenvalue weighted by Crippen LogP contribution is 2.11. The summed E-state index contributed by atoms with van der Waals surface area (Å²) < 4.78 is 0.886. The van der Waals surface area contributed by atoms with Gasteiger partial charge in [0, 0.05) is 36.7 Å². The predicted molar refractivity (Wildman–Crippen MR) is 86.0 cm³/mol. The van der Waals surface area contributed by atoms with Crippen LogP contribution in [0.1, 0.15) is 10.4 Å². The second-order valence-electron chi connectivity index (χ2n) is 3.93. The molecule has 0 atom stereocenters. The SMILES string of the molecule is C=CCNC(=NC)NCCNC(=O)c1cccc(Br)c1. The van der Waals surface area contributed by atoms with E-state index in [9.17, 15) is 4.79 Å². The molecule has 20 heavy (non-hydrogen) atoms. The number of halogens is 1. The van der Waals surface area contributed by atoms with Crippen LogP contribution in [0.4, 0.5) is 0 Å². The van der Waals surface area contributed by atoms with Crippen molar-refractivity contribution < 1.29 is 4.79 Å². The zero-order valence-corrected chi connectivity index (χ0v) is 13.0. The second kappa shape index (κ2) is 9.14. The molecule has 0 aliphatic carbocycles. The standard InChI is InChI=1S/C14H19BrN4O/c1-3-7-18-14(16-2)19-9-8-17-13(20)11-5-4-6-12(15)10-11/h3-6,10H,1,7-9H2,2H3,(H,17,20)(H2,16,18,19). The van der Waals surface area contributed by atoms with E-state index in [1.165, 1.54) is 0 Å². The quantitative estimate of drug-likeness (QED) is 0.319. The van der Waals surface area contributed by atoms with E-state index in [1.54, 1.807) is 25.3 Å². The lowest BCUT2D eigenvalue weighted by molar-refractivity contribution is 0.0954. The lowest BCUT2D eigenvalue weighted by Crippen LogP contribution is -2.41. The minimum Gasteiger partial charge on any atom is -0.355 e. The molecule has 1 amide bonds. The minimum absolute atomic E-state index is 0.0952. The van der Waals surface area contributed by atoms with Crippen molar-refractivity contribution in [3.63, 3.8) is 0 Å². The Bertz CT molecular complexity index is 488. The Morgan fingerprint density at radius 3 is 2.75 bits per heavy atom. The zero-order chi connectivity index (χ0) is 14.8. The summed E-state index contributed by atoms with van der Waals surface area (Å²) >= 11 is 3.34. The van der Waals surface area contributed by atoms with Gasteiger partial charge in [0.25, 0.3) is 5.91 Å². The van der Waals surface area contributed by atoms with E-state index in [1.807, 2.05) is 12.1 Å². The molecule has 0 saturated carbocycles. The smallest absolute Gasteiger partial charge is 0.251 e. The lowest BCUT2D eigenvalue weighted by atomic mass is 10.2. The molecule has 0 heterocycles. The summed E-state index contributed by atoms with van der Waals surface area (Å²) in [6.07, 6.45) is 1.75. The highest BCUT2D eigenvalue weighted by molar-refractivity contribution is 9.10. The molecule has 0 bridgehead atoms. The first-order valence-electron chi connectivity index (χ1n) is 6.26. The second-order valence-corrected chi connectivity index (χ2v) is 4.85. The van der Waals surface area contributed by atoms with Gasteiger partial charge in [0.05, 0.1) is 0 Å². The molecule has 0 saturated heterocycles. The maximum Gasteiger partial charge on any atom is 0.251 e. The van der Waals surface area contributed by atoms with Gasteiger partial charge in [0.1, 0.15) is 0 Å². The largest absolute Gasteiger partial charge is 0.355 e. The fraction of sp³-hybridized carbons (Fsp3) is 0.286. The van der Waals surface area contributed by atoms with Crippen molar-refractivity contribution in [2.45, 2.75) is 0 Å². The third kappa shape index (κ3) is 5.88. The van der Waals surface area contributed by atoms with Crippen molar-refractivity contribution in [2.24, 2.45) is 4.99 Å². The molecule has 0 radical (unpaired) electrons. The van der Waals surface area contributed by atoms with E-state index in [0.717, 1.165) is 4.47 Å². The summed E-state index contributed by atoms with van der Waals surface area (Å²) in [6.45, 7) is 5.37. The normalized spacial score (nSPS) is 10.8. The topological polar surface area (TPSA) is 65.5 Å². The number of nitrogens with zero attached hydrogens (tertiary/aromatic N) is 1. The summed E-state index contributed by atoms with van der Waals surface area (Å²) in [5.74, 6) is 0.587. The van der Waals surface area contributed by atoms with Gasteiger partial charge in [0.15, 0.2) is 5.96 Å². The van der Waals surface area contributed by atoms with Crippen LogP contribution in [0.25, 0.3) is 0 Å². The molecule has 108 valence electrons. The molecular weight excluding hydrogens is 320 g/mol. The number of hydrogen-bond acceptors (Lipinski definition) is 2. The summed E-state index contributed by atoms with van der Waals surface area (Å²) in [5, 5.41) is 8.97. The van der Waals surface area contributed by atoms with Crippen LogP contribution < -0.4 is 16.0 Å². The van der Waals surface area contributed by atoms with Gasteiger partial charge >= 0.3 is 0 Å². The van der Waals surface area contributed by atoms with Crippen LogP contribution in [0, 0.1) is 0 Å². The van der Waals surface area contributed by atoms with Crippen LogP contribution in [0.5, 0.6) is 0 Å². The van der Waals surface area contributed by atoms with Crippen LogP contribution in [0.15, 0.2) is 46.4 Å². The van der Waals surface area contributed by atoms with Crippen LogP contribution in [-0.4, -0.2) is 38.5 Å². The Labute approximate surface area is 127 Å². The third-order valence-electron chi connectivity index (χ3n) is 2.43. The van der Waals surface area contributed by atoms with E-state index < -0.39 is 0 Å². The first kappa shape index (κ1) is 16.2. The average Bonchev–Trinajstić information content (AvgIpc) is 2.46. The summed E-state index contributed by atoms with van der Waals surface area (Å²) in [5.41, 5.74) is 0.633. The van der Waals surface area contributed by atoms with Crippen molar-refractivity contribution in [3.8, 4) is 0 Å². The first-order valence-corrected chi connectivity index (χ1v) is 7.06. The van der Waals surface area contributed by atoms with Crippen molar-refractivity contribution >= 4 is 27.8 Å². The lowest BCUT2D eigenvalue weighted by Gasteiger charge is -2.11. The van der Waals surface area contributed by atoms with Gasteiger partial charge in [-0.2, -0.15) is 0 Å². The fourth-order valence-electron chi connectivity index (χ4n) is 1.48. The molecule has 0 fully saturated rings. The fourth-order valence-corrected chi connectivity index (χ4v) is 1.88. The summed E-state index contributed by atoms with van der Waals surface area (Å²) in [6, 6.07) is 7.28. The van der Waals surface area contributed by atoms with Gasteiger partial charge in [-0.15, -0.1) is 6.58 Å². The molecule has 6 heteroatoms. The molecule has 0 spiro atoms. The number of carbonyl (C=O) groups is 1. The highest BCUT2D eigenvalue weighted by Gasteiger charge is 2.04. The maximum absolute atomic E-state index is 11.9. The summed E-state index contributed by atoms with van der Waals surface area (Å²) in [4.78, 5) is 15.9. The van der Waals surface area contributed by atoms with Gasteiger partial charge in [-0.05, 0) is 18.2 Å². The summed E-state index contributed by atoms with van der Waals surface area (Å²) in [7, 11) is 1.69. The monoisotopic (exact) mass is 338 g/mol. The van der Waals surface area contributed by atoms with Gasteiger partial charge in [-0.1, -0.05) is 28.1 Å². The maximum atomic E-state index is 11.9. The zero-order valence-electron chi connectivity index (χ0n) is 11.4. The van der Waals surface area contributed by atoms with Crippen LogP contribution in [0.2, 0.25) is 0 Å². The number of benzene rings is 1. The van der Waals surface area contributed by atoms with Gasteiger partial charge < -0.3 is 16.0 Å². The third-order valence-corrected chi connectivity index (χ3v) is 2.92. The Hall–Kier alpha value is -1.82. The highest BCUT2D eigenvalue weighted by atomic mass is 79.9. The van der Waals surface area contributed by atoms with E-state index in [4.69, 9.17) is 0 Å². The molecule has 0 aliphatic rings. The van der Waals surface area contributed by atoms with Crippen molar-refractivity contribution in [3.05, 3.63) is 47.0 Å².